The maximum atomic E-state index is 13.5. The van der Waals surface area contributed by atoms with Crippen molar-refractivity contribution in [3.63, 3.8) is 0 Å². The number of hydrogen-bond donors (Lipinski definition) is 2. The number of carbonyl (C=O) groups is 4. The molecule has 0 aromatic heterocycles. The second kappa shape index (κ2) is 16.3. The number of aliphatic carboxylic acids is 2. The van der Waals surface area contributed by atoms with E-state index in [1.807, 2.05) is 19.1 Å². The molecule has 2 N–H and O–H groups in total. The van der Waals surface area contributed by atoms with Gasteiger partial charge in [0.15, 0.2) is 11.6 Å². The molecule has 2 unspecified atom stereocenters. The lowest BCUT2D eigenvalue weighted by atomic mass is 9.74. The fourth-order valence-corrected chi connectivity index (χ4v) is 9.39. The van der Waals surface area contributed by atoms with Crippen molar-refractivity contribution in [3.8, 4) is 0 Å². The van der Waals surface area contributed by atoms with Crippen molar-refractivity contribution in [2.24, 2.45) is 0 Å². The van der Waals surface area contributed by atoms with E-state index in [0.29, 0.717) is 36.8 Å². The van der Waals surface area contributed by atoms with Crippen LogP contribution in [0, 0.1) is 0 Å². The molecule has 0 aliphatic rings. The van der Waals surface area contributed by atoms with Gasteiger partial charge in [0.1, 0.15) is 0 Å². The molecule has 280 valence electrons. The van der Waals surface area contributed by atoms with Crippen molar-refractivity contribution in [1.82, 2.24) is 0 Å². The standard InChI is InChI=1S/C48H52O6/c1-3-5-7-8-9-10-11-12-15-35(47(51)52)43-33-27-25-31-23-21-29-19-20-30-22-24-32-26-28-34(46-42(32)40(30)39(29)41(31)45(33)46)44(43)36(48(53)54)16-13-14-18-38(50)37(49)17-6-4-2/h19-28,35-36H,3-18H2,1-2H3,(H,51,52)(H,53,54). The van der Waals surface area contributed by atoms with E-state index < -0.39 is 29.6 Å². The SMILES string of the molecule is CCCCCCCCCCC(C(=O)O)c1c(C(CCCCC(=O)C(=O)CCCC)C(=O)O)c2ccc3ccc4ccc5ccc6ccc1c1c6c5c4c3c21. The van der Waals surface area contributed by atoms with Crippen molar-refractivity contribution in [3.05, 3.63) is 71.8 Å². The van der Waals surface area contributed by atoms with Gasteiger partial charge in [0, 0.05) is 12.8 Å². The van der Waals surface area contributed by atoms with Gasteiger partial charge in [0.25, 0.3) is 0 Å². The van der Waals surface area contributed by atoms with Crippen LogP contribution in [0.3, 0.4) is 0 Å². The van der Waals surface area contributed by atoms with Crippen LogP contribution in [0.25, 0.3) is 64.6 Å². The van der Waals surface area contributed by atoms with E-state index >= 15 is 0 Å². The predicted octanol–water partition coefficient (Wildman–Crippen LogP) is 12.7. The lowest BCUT2D eigenvalue weighted by Crippen LogP contribution is -2.20. The number of Topliss-reactive ketones (excluding diaryl/α,β-unsaturated/α-hetero) is 2. The van der Waals surface area contributed by atoms with Crippen molar-refractivity contribution >= 4 is 88.1 Å². The minimum atomic E-state index is -1.00. The zero-order chi connectivity index (χ0) is 37.9. The number of ketones is 2. The van der Waals surface area contributed by atoms with Gasteiger partial charge in [-0.1, -0.05) is 139 Å². The first kappa shape index (κ1) is 37.5. The summed E-state index contributed by atoms with van der Waals surface area (Å²) >= 11 is 0. The summed E-state index contributed by atoms with van der Waals surface area (Å²) in [6.45, 7) is 4.19. The molecule has 0 saturated carbocycles. The first-order chi connectivity index (χ1) is 26.3. The second-order valence-electron chi connectivity index (χ2n) is 15.6. The third-order valence-corrected chi connectivity index (χ3v) is 12.1. The van der Waals surface area contributed by atoms with E-state index in [0.717, 1.165) is 91.4 Å². The number of carboxylic acids is 2. The third kappa shape index (κ3) is 6.85. The number of rotatable bonds is 22. The zero-order valence-electron chi connectivity index (χ0n) is 31.8. The number of hydrogen-bond acceptors (Lipinski definition) is 4. The summed E-state index contributed by atoms with van der Waals surface area (Å²) in [5.74, 6) is -4.55. The van der Waals surface area contributed by atoms with Crippen molar-refractivity contribution < 1.29 is 29.4 Å². The largest absolute Gasteiger partial charge is 0.481 e. The lowest BCUT2D eigenvalue weighted by Gasteiger charge is -2.29. The van der Waals surface area contributed by atoms with Gasteiger partial charge in [-0.3, -0.25) is 19.2 Å². The number of carboxylic acid groups (broad SMARTS) is 2. The van der Waals surface area contributed by atoms with Crippen LogP contribution < -0.4 is 0 Å². The molecule has 54 heavy (non-hydrogen) atoms. The maximum absolute atomic E-state index is 13.5. The number of benzene rings is 7. The molecule has 0 spiro atoms. The topological polar surface area (TPSA) is 109 Å². The molecular formula is C48H52O6. The van der Waals surface area contributed by atoms with E-state index in [1.54, 1.807) is 0 Å². The Kier molecular flexibility index (Phi) is 11.3. The van der Waals surface area contributed by atoms with Gasteiger partial charge < -0.3 is 10.2 Å². The molecule has 7 rings (SSSR count). The highest BCUT2D eigenvalue weighted by molar-refractivity contribution is 6.45. The minimum Gasteiger partial charge on any atom is -0.481 e. The Balaban J connectivity index is 1.38. The Labute approximate surface area is 316 Å². The molecular weight excluding hydrogens is 673 g/mol. The summed E-state index contributed by atoms with van der Waals surface area (Å²) in [7, 11) is 0. The van der Waals surface area contributed by atoms with Gasteiger partial charge in [-0.25, -0.2) is 0 Å². The van der Waals surface area contributed by atoms with E-state index in [4.69, 9.17) is 0 Å². The second-order valence-corrected chi connectivity index (χ2v) is 15.6. The highest BCUT2D eigenvalue weighted by Crippen LogP contribution is 2.53. The first-order valence-corrected chi connectivity index (χ1v) is 20.4. The normalized spacial score (nSPS) is 13.4. The Morgan fingerprint density at radius 1 is 0.426 bits per heavy atom. The average Bonchev–Trinajstić information content (AvgIpc) is 3.17. The van der Waals surface area contributed by atoms with Crippen LogP contribution in [0.15, 0.2) is 60.7 Å². The molecule has 0 heterocycles. The summed E-state index contributed by atoms with van der Waals surface area (Å²) in [4.78, 5) is 52.0. The van der Waals surface area contributed by atoms with Gasteiger partial charge in [-0.2, -0.15) is 0 Å². The fraction of sp³-hybridized carbons (Fsp3) is 0.417. The van der Waals surface area contributed by atoms with E-state index in [2.05, 4.69) is 55.5 Å². The van der Waals surface area contributed by atoms with E-state index in [-0.39, 0.29) is 25.0 Å². The van der Waals surface area contributed by atoms with Crippen LogP contribution in [0.2, 0.25) is 0 Å². The first-order valence-electron chi connectivity index (χ1n) is 20.4. The molecule has 2 atom stereocenters. The van der Waals surface area contributed by atoms with Crippen LogP contribution in [0.1, 0.15) is 140 Å². The molecule has 0 aliphatic heterocycles. The fourth-order valence-electron chi connectivity index (χ4n) is 9.39. The Hall–Kier alpha value is -4.84. The average molecular weight is 725 g/mol. The van der Waals surface area contributed by atoms with Crippen molar-refractivity contribution in [2.45, 2.75) is 128 Å². The monoisotopic (exact) mass is 724 g/mol. The van der Waals surface area contributed by atoms with Crippen LogP contribution in [0.4, 0.5) is 0 Å². The smallest absolute Gasteiger partial charge is 0.311 e. The molecule has 0 bridgehead atoms. The van der Waals surface area contributed by atoms with E-state index in [9.17, 15) is 29.4 Å². The Morgan fingerprint density at radius 2 is 0.759 bits per heavy atom. The summed E-state index contributed by atoms with van der Waals surface area (Å²) < 4.78 is 0. The molecule has 0 radical (unpaired) electrons. The summed E-state index contributed by atoms with van der Waals surface area (Å²) in [5.41, 5.74) is 1.21. The molecule has 6 heteroatoms. The molecule has 7 aromatic carbocycles. The minimum absolute atomic E-state index is 0.0950. The summed E-state index contributed by atoms with van der Waals surface area (Å²) in [6, 6.07) is 21.1. The summed E-state index contributed by atoms with van der Waals surface area (Å²) in [6.07, 6.45) is 12.1. The van der Waals surface area contributed by atoms with Gasteiger partial charge in [0.2, 0.25) is 0 Å². The molecule has 0 aliphatic carbocycles. The molecule has 7 aromatic rings. The van der Waals surface area contributed by atoms with Crippen LogP contribution in [-0.2, 0) is 19.2 Å². The Bertz CT molecular complexity index is 2430. The van der Waals surface area contributed by atoms with Gasteiger partial charge in [0.05, 0.1) is 11.8 Å². The highest BCUT2D eigenvalue weighted by Gasteiger charge is 2.35. The Morgan fingerprint density at radius 3 is 1.17 bits per heavy atom. The zero-order valence-corrected chi connectivity index (χ0v) is 31.8. The third-order valence-electron chi connectivity index (χ3n) is 12.1. The van der Waals surface area contributed by atoms with Gasteiger partial charge in [-0.05, 0) is 101 Å². The van der Waals surface area contributed by atoms with Crippen molar-refractivity contribution in [2.75, 3.05) is 0 Å². The van der Waals surface area contributed by atoms with Crippen LogP contribution >= 0.6 is 0 Å². The molecule has 0 saturated heterocycles. The maximum Gasteiger partial charge on any atom is 0.311 e. The number of unbranched alkanes of at least 4 members (excludes halogenated alkanes) is 9. The molecule has 0 fully saturated rings. The number of carbonyl (C=O) groups excluding carboxylic acids is 2. The van der Waals surface area contributed by atoms with E-state index in [1.165, 1.54) is 31.1 Å². The highest BCUT2D eigenvalue weighted by atomic mass is 16.4. The quantitative estimate of drug-likeness (QED) is 0.0312. The van der Waals surface area contributed by atoms with Crippen LogP contribution in [-0.4, -0.2) is 33.7 Å². The molecule has 0 amide bonds. The van der Waals surface area contributed by atoms with Crippen LogP contribution in [0.5, 0.6) is 0 Å². The van der Waals surface area contributed by atoms with Crippen molar-refractivity contribution in [1.29, 1.82) is 0 Å². The lowest BCUT2D eigenvalue weighted by molar-refractivity contribution is -0.140. The van der Waals surface area contributed by atoms with Gasteiger partial charge >= 0.3 is 11.9 Å². The molecule has 6 nitrogen and oxygen atoms in total. The predicted molar refractivity (Wildman–Crippen MR) is 221 cm³/mol. The van der Waals surface area contributed by atoms with Gasteiger partial charge in [-0.15, -0.1) is 0 Å². The summed E-state index contributed by atoms with van der Waals surface area (Å²) in [5, 5.41) is 34.7.